The third-order valence-electron chi connectivity index (χ3n) is 3.59. The van der Waals surface area contributed by atoms with E-state index in [1.165, 1.54) is 18.2 Å². The standard InChI is InChI=1S/C15H15F5N2O3/c16-14(17)25-10-4-1-3-9(7-10)13(24)22-6-2-5-11(22)12(23)21-8-15(18,19)20/h1,3-4,7,11,14H,2,5-6,8H2,(H,21,23). The van der Waals surface area contributed by atoms with Crippen LogP contribution >= 0.6 is 0 Å². The number of nitrogens with zero attached hydrogens (tertiary/aromatic N) is 1. The average Bonchev–Trinajstić information content (AvgIpc) is 3.00. The van der Waals surface area contributed by atoms with Gasteiger partial charge in [0.2, 0.25) is 5.91 Å². The van der Waals surface area contributed by atoms with Crippen molar-refractivity contribution in [3.05, 3.63) is 29.8 Å². The van der Waals surface area contributed by atoms with Crippen molar-refractivity contribution >= 4 is 11.8 Å². The van der Waals surface area contributed by atoms with E-state index in [0.717, 1.165) is 11.0 Å². The molecule has 0 bridgehead atoms. The molecule has 1 saturated heterocycles. The molecule has 1 fully saturated rings. The van der Waals surface area contributed by atoms with E-state index >= 15 is 0 Å². The highest BCUT2D eigenvalue weighted by Crippen LogP contribution is 2.23. The van der Waals surface area contributed by atoms with Gasteiger partial charge in [0.05, 0.1) is 0 Å². The molecule has 2 amide bonds. The number of alkyl halides is 5. The van der Waals surface area contributed by atoms with Gasteiger partial charge in [0, 0.05) is 12.1 Å². The first-order valence-corrected chi connectivity index (χ1v) is 7.37. The Morgan fingerprint density at radius 2 is 2.04 bits per heavy atom. The van der Waals surface area contributed by atoms with Crippen molar-refractivity contribution in [1.82, 2.24) is 10.2 Å². The van der Waals surface area contributed by atoms with Crippen molar-refractivity contribution in [3.63, 3.8) is 0 Å². The van der Waals surface area contributed by atoms with E-state index in [0.29, 0.717) is 6.42 Å². The second-order valence-corrected chi connectivity index (χ2v) is 5.40. The van der Waals surface area contributed by atoms with Crippen LogP contribution in [0.1, 0.15) is 23.2 Å². The summed E-state index contributed by atoms with van der Waals surface area (Å²) in [6.07, 6.45) is -3.88. The van der Waals surface area contributed by atoms with E-state index in [4.69, 9.17) is 0 Å². The highest BCUT2D eigenvalue weighted by molar-refractivity contribution is 5.98. The molecule has 1 heterocycles. The molecule has 1 aliphatic heterocycles. The summed E-state index contributed by atoms with van der Waals surface area (Å²) < 4.78 is 65.3. The van der Waals surface area contributed by atoms with Crippen LogP contribution in [0.15, 0.2) is 24.3 Å². The molecule has 0 aliphatic carbocycles. The van der Waals surface area contributed by atoms with Gasteiger partial charge in [-0.25, -0.2) is 0 Å². The Bertz CT molecular complexity index is 636. The normalized spacial score (nSPS) is 17.7. The molecule has 0 radical (unpaired) electrons. The van der Waals surface area contributed by atoms with Crippen molar-refractivity contribution in [3.8, 4) is 5.75 Å². The predicted molar refractivity (Wildman–Crippen MR) is 76.2 cm³/mol. The molecule has 138 valence electrons. The molecule has 1 N–H and O–H groups in total. The number of benzene rings is 1. The zero-order valence-electron chi connectivity index (χ0n) is 12.9. The fourth-order valence-corrected chi connectivity index (χ4v) is 2.56. The van der Waals surface area contributed by atoms with Crippen molar-refractivity contribution in [2.24, 2.45) is 0 Å². The van der Waals surface area contributed by atoms with Crippen molar-refractivity contribution in [2.45, 2.75) is 31.7 Å². The molecule has 1 aromatic carbocycles. The van der Waals surface area contributed by atoms with E-state index in [1.54, 1.807) is 5.32 Å². The van der Waals surface area contributed by atoms with Crippen molar-refractivity contribution in [2.75, 3.05) is 13.1 Å². The second-order valence-electron chi connectivity index (χ2n) is 5.40. The predicted octanol–water partition coefficient (Wildman–Crippen LogP) is 2.57. The van der Waals surface area contributed by atoms with Gasteiger partial charge in [-0.05, 0) is 31.0 Å². The lowest BCUT2D eigenvalue weighted by Gasteiger charge is -2.24. The summed E-state index contributed by atoms with van der Waals surface area (Å²) >= 11 is 0. The number of amides is 2. The van der Waals surface area contributed by atoms with Crippen LogP contribution in [0.5, 0.6) is 5.75 Å². The number of rotatable bonds is 5. The maximum absolute atomic E-state index is 12.5. The quantitative estimate of drug-likeness (QED) is 0.815. The minimum atomic E-state index is -4.55. The number of nitrogens with one attached hydrogen (secondary N) is 1. The van der Waals surface area contributed by atoms with Gasteiger partial charge in [0.1, 0.15) is 18.3 Å². The number of hydrogen-bond acceptors (Lipinski definition) is 3. The molecule has 2 rings (SSSR count). The molecular formula is C15H15F5N2O3. The molecule has 1 aliphatic rings. The zero-order valence-corrected chi connectivity index (χ0v) is 12.9. The largest absolute Gasteiger partial charge is 0.435 e. The number of carbonyl (C=O) groups excluding carboxylic acids is 2. The Labute approximate surface area is 139 Å². The molecule has 1 aromatic rings. The molecule has 1 unspecified atom stereocenters. The first-order valence-electron chi connectivity index (χ1n) is 7.37. The average molecular weight is 366 g/mol. The number of hydrogen-bond donors (Lipinski definition) is 1. The molecule has 1 atom stereocenters. The Hall–Kier alpha value is -2.39. The highest BCUT2D eigenvalue weighted by Gasteiger charge is 2.36. The summed E-state index contributed by atoms with van der Waals surface area (Å²) in [6.45, 7) is -4.36. The number of halogens is 5. The van der Waals surface area contributed by atoms with Crippen LogP contribution in [0.4, 0.5) is 22.0 Å². The Balaban J connectivity index is 2.08. The van der Waals surface area contributed by atoms with Gasteiger partial charge in [0.25, 0.3) is 5.91 Å². The van der Waals surface area contributed by atoms with Crippen LogP contribution in [0.3, 0.4) is 0 Å². The van der Waals surface area contributed by atoms with Crippen LogP contribution in [0, 0.1) is 0 Å². The van der Waals surface area contributed by atoms with Crippen molar-refractivity contribution < 1.29 is 36.3 Å². The minimum Gasteiger partial charge on any atom is -0.435 e. The molecule has 0 aromatic heterocycles. The third kappa shape index (κ3) is 5.30. The van der Waals surface area contributed by atoms with E-state index in [1.807, 2.05) is 0 Å². The van der Waals surface area contributed by atoms with Gasteiger partial charge in [-0.15, -0.1) is 0 Å². The van der Waals surface area contributed by atoms with E-state index in [2.05, 4.69) is 4.74 Å². The molecule has 0 spiro atoms. The Morgan fingerprint density at radius 1 is 1.32 bits per heavy atom. The monoisotopic (exact) mass is 366 g/mol. The Kier molecular flexibility index (Phi) is 5.81. The lowest BCUT2D eigenvalue weighted by atomic mass is 10.1. The fraction of sp³-hybridized carbons (Fsp3) is 0.467. The lowest BCUT2D eigenvalue weighted by Crippen LogP contribution is -2.48. The number of likely N-dealkylation sites (tertiary alicyclic amines) is 1. The van der Waals surface area contributed by atoms with E-state index in [-0.39, 0.29) is 24.3 Å². The van der Waals surface area contributed by atoms with Gasteiger partial charge in [-0.1, -0.05) is 6.07 Å². The van der Waals surface area contributed by atoms with Gasteiger partial charge < -0.3 is 15.0 Å². The van der Waals surface area contributed by atoms with E-state index in [9.17, 15) is 31.5 Å². The summed E-state index contributed by atoms with van der Waals surface area (Å²) in [5.74, 6) is -1.76. The van der Waals surface area contributed by atoms with Crippen LogP contribution in [-0.2, 0) is 4.79 Å². The van der Waals surface area contributed by atoms with Crippen molar-refractivity contribution in [1.29, 1.82) is 0 Å². The Morgan fingerprint density at radius 3 is 2.68 bits per heavy atom. The third-order valence-corrected chi connectivity index (χ3v) is 3.59. The smallest absolute Gasteiger partial charge is 0.405 e. The molecule has 0 saturated carbocycles. The number of ether oxygens (including phenoxy) is 1. The van der Waals surface area contributed by atoms with Crippen LogP contribution in [0.25, 0.3) is 0 Å². The highest BCUT2D eigenvalue weighted by atomic mass is 19.4. The van der Waals surface area contributed by atoms with Crippen LogP contribution in [0.2, 0.25) is 0 Å². The SMILES string of the molecule is O=C(NCC(F)(F)F)C1CCCN1C(=O)c1cccc(OC(F)F)c1. The van der Waals surface area contributed by atoms with Gasteiger partial charge in [-0.2, -0.15) is 22.0 Å². The van der Waals surface area contributed by atoms with Crippen LogP contribution < -0.4 is 10.1 Å². The molecule has 5 nitrogen and oxygen atoms in total. The zero-order chi connectivity index (χ0) is 18.6. The van der Waals surface area contributed by atoms with Gasteiger partial charge in [-0.3, -0.25) is 9.59 Å². The first-order chi connectivity index (χ1) is 11.7. The summed E-state index contributed by atoms with van der Waals surface area (Å²) in [5, 5.41) is 1.76. The summed E-state index contributed by atoms with van der Waals surface area (Å²) in [4.78, 5) is 25.5. The molecule has 25 heavy (non-hydrogen) atoms. The number of carbonyl (C=O) groups is 2. The maximum atomic E-state index is 12.5. The summed E-state index contributed by atoms with van der Waals surface area (Å²) in [5.41, 5.74) is 0.00803. The minimum absolute atomic E-state index is 0.00803. The first kappa shape index (κ1) is 18.9. The second kappa shape index (κ2) is 7.66. The lowest BCUT2D eigenvalue weighted by molar-refractivity contribution is -0.140. The summed E-state index contributed by atoms with van der Waals surface area (Å²) in [7, 11) is 0. The molecule has 10 heteroatoms. The van der Waals surface area contributed by atoms with Gasteiger partial charge in [0.15, 0.2) is 0 Å². The molecular weight excluding hydrogens is 351 g/mol. The maximum Gasteiger partial charge on any atom is 0.405 e. The van der Waals surface area contributed by atoms with Crippen LogP contribution in [-0.4, -0.2) is 48.6 Å². The summed E-state index contributed by atoms with van der Waals surface area (Å²) in [6, 6.07) is 3.98. The van der Waals surface area contributed by atoms with E-state index < -0.39 is 37.2 Å². The topological polar surface area (TPSA) is 58.6 Å². The van der Waals surface area contributed by atoms with Gasteiger partial charge >= 0.3 is 12.8 Å². The fourth-order valence-electron chi connectivity index (χ4n) is 2.56.